The van der Waals surface area contributed by atoms with E-state index < -0.39 is 0 Å². The maximum atomic E-state index is 11.1. The summed E-state index contributed by atoms with van der Waals surface area (Å²) in [6.07, 6.45) is 3.80. The van der Waals surface area contributed by atoms with E-state index in [1.165, 1.54) is 0 Å². The number of thiocarbonyl (C=S) groups is 1. The van der Waals surface area contributed by atoms with E-state index in [1.54, 1.807) is 10.9 Å². The first-order chi connectivity index (χ1) is 7.08. The fourth-order valence-electron chi connectivity index (χ4n) is 1.12. The predicted molar refractivity (Wildman–Crippen MR) is 61.4 cm³/mol. The second-order valence-corrected chi connectivity index (χ2v) is 3.80. The lowest BCUT2D eigenvalue weighted by Gasteiger charge is -2.04. The first-order valence-electron chi connectivity index (χ1n) is 4.62. The van der Waals surface area contributed by atoms with Crippen LogP contribution in [0, 0.1) is 6.92 Å². The second kappa shape index (κ2) is 5.45. The minimum Gasteiger partial charge on any atom is -0.393 e. The van der Waals surface area contributed by atoms with E-state index >= 15 is 0 Å². The van der Waals surface area contributed by atoms with Gasteiger partial charge in [0, 0.05) is 12.7 Å². The van der Waals surface area contributed by atoms with Gasteiger partial charge in [0.15, 0.2) is 0 Å². The van der Waals surface area contributed by atoms with Crippen LogP contribution in [0.5, 0.6) is 0 Å². The number of amides is 1. The lowest BCUT2D eigenvalue weighted by Crippen LogP contribution is -2.30. The molecule has 82 valence electrons. The Bertz CT molecular complexity index is 361. The smallest absolute Gasteiger partial charge is 0.226 e. The number of nitrogens with zero attached hydrogens (tertiary/aromatic N) is 2. The molecule has 0 fully saturated rings. The van der Waals surface area contributed by atoms with E-state index in [9.17, 15) is 4.79 Å². The summed E-state index contributed by atoms with van der Waals surface area (Å²) in [5.41, 5.74) is 6.33. The van der Waals surface area contributed by atoms with Crippen LogP contribution in [-0.2, 0) is 11.3 Å². The highest BCUT2D eigenvalue weighted by Gasteiger charge is 2.01. The van der Waals surface area contributed by atoms with Crippen LogP contribution in [0.1, 0.15) is 12.0 Å². The normalized spacial score (nSPS) is 9.93. The average molecular weight is 226 g/mol. The van der Waals surface area contributed by atoms with E-state index in [2.05, 4.69) is 22.6 Å². The number of carbonyl (C=O) groups excluding carboxylic acids is 1. The fraction of sp³-hybridized carbons (Fsp3) is 0.444. The highest BCUT2D eigenvalue weighted by molar-refractivity contribution is 7.80. The van der Waals surface area contributed by atoms with Crippen LogP contribution in [0.2, 0.25) is 0 Å². The average Bonchev–Trinajstić information content (AvgIpc) is 2.50. The van der Waals surface area contributed by atoms with E-state index in [0.29, 0.717) is 13.1 Å². The molecule has 0 aromatic carbocycles. The molecule has 0 unspecified atom stereocenters. The van der Waals surface area contributed by atoms with Gasteiger partial charge in [-0.1, -0.05) is 12.2 Å². The van der Waals surface area contributed by atoms with Crippen molar-refractivity contribution in [1.29, 1.82) is 0 Å². The van der Waals surface area contributed by atoms with Gasteiger partial charge >= 0.3 is 0 Å². The van der Waals surface area contributed by atoms with Gasteiger partial charge in [-0.3, -0.25) is 9.48 Å². The first kappa shape index (κ1) is 11.6. The first-order valence-corrected chi connectivity index (χ1v) is 5.03. The lowest BCUT2D eigenvalue weighted by atomic mass is 10.4. The largest absolute Gasteiger partial charge is 0.393 e. The minimum atomic E-state index is -0.147. The molecule has 0 aliphatic heterocycles. The molecular formula is C9H14N4OS. The van der Waals surface area contributed by atoms with Crippen molar-refractivity contribution in [3.8, 4) is 0 Å². The highest BCUT2D eigenvalue weighted by Crippen LogP contribution is 1.92. The number of hydrogen-bond acceptors (Lipinski definition) is 3. The molecule has 0 saturated carbocycles. The molecule has 1 aromatic rings. The van der Waals surface area contributed by atoms with Gasteiger partial charge in [-0.15, -0.1) is 0 Å². The summed E-state index contributed by atoms with van der Waals surface area (Å²) in [5, 5.41) is 6.79. The van der Waals surface area contributed by atoms with Gasteiger partial charge in [-0.2, -0.15) is 5.10 Å². The fourth-order valence-corrected chi connectivity index (χ4v) is 1.25. The quantitative estimate of drug-likeness (QED) is 0.692. The Balaban J connectivity index is 2.22. The summed E-state index contributed by atoms with van der Waals surface area (Å²) in [5.74, 6) is -0.147. The zero-order valence-corrected chi connectivity index (χ0v) is 9.38. The lowest BCUT2D eigenvalue weighted by molar-refractivity contribution is -0.119. The standard InChI is InChI=1S/C9H14N4OS/c1-7-5-12-13(6-7)3-2-11-9(14)4-8(10)15/h5-6H,2-4H2,1H3,(H2,10,15)(H,11,14). The van der Waals surface area contributed by atoms with Crippen LogP contribution in [0.3, 0.4) is 0 Å². The number of nitrogens with one attached hydrogen (secondary N) is 1. The Hall–Kier alpha value is -1.43. The monoisotopic (exact) mass is 226 g/mol. The highest BCUT2D eigenvalue weighted by atomic mass is 32.1. The van der Waals surface area contributed by atoms with E-state index in [0.717, 1.165) is 5.56 Å². The van der Waals surface area contributed by atoms with Crippen molar-refractivity contribution < 1.29 is 4.79 Å². The summed E-state index contributed by atoms with van der Waals surface area (Å²) in [6.45, 7) is 3.15. The van der Waals surface area contributed by atoms with Gasteiger partial charge in [-0.25, -0.2) is 0 Å². The summed E-state index contributed by atoms with van der Waals surface area (Å²) in [4.78, 5) is 11.4. The molecule has 0 aliphatic carbocycles. The SMILES string of the molecule is Cc1cnn(CCNC(=O)CC(N)=S)c1. The zero-order valence-electron chi connectivity index (χ0n) is 8.56. The molecule has 0 saturated heterocycles. The number of aromatic nitrogens is 2. The third kappa shape index (κ3) is 4.55. The van der Waals surface area contributed by atoms with Crippen molar-refractivity contribution in [2.24, 2.45) is 5.73 Å². The Morgan fingerprint density at radius 2 is 2.47 bits per heavy atom. The van der Waals surface area contributed by atoms with E-state index in [4.69, 9.17) is 5.73 Å². The van der Waals surface area contributed by atoms with Gasteiger partial charge in [0.25, 0.3) is 0 Å². The summed E-state index contributed by atoms with van der Waals surface area (Å²) in [7, 11) is 0. The maximum absolute atomic E-state index is 11.1. The molecule has 3 N–H and O–H groups in total. The molecule has 1 heterocycles. The van der Waals surface area contributed by atoms with Crippen molar-refractivity contribution in [3.05, 3.63) is 18.0 Å². The number of rotatable bonds is 5. The molecule has 6 heteroatoms. The molecule has 1 amide bonds. The Kier molecular flexibility index (Phi) is 4.23. The summed E-state index contributed by atoms with van der Waals surface area (Å²) in [6, 6.07) is 0. The van der Waals surface area contributed by atoms with Crippen LogP contribution >= 0.6 is 12.2 Å². The molecule has 15 heavy (non-hydrogen) atoms. The molecule has 0 spiro atoms. The Morgan fingerprint density at radius 3 is 3.00 bits per heavy atom. The van der Waals surface area contributed by atoms with Crippen LogP contribution in [0.25, 0.3) is 0 Å². The second-order valence-electron chi connectivity index (χ2n) is 3.27. The number of hydrogen-bond donors (Lipinski definition) is 2. The topological polar surface area (TPSA) is 72.9 Å². The number of aryl methyl sites for hydroxylation is 1. The Labute approximate surface area is 93.6 Å². The molecular weight excluding hydrogens is 212 g/mol. The van der Waals surface area contributed by atoms with Crippen LogP contribution in [0.4, 0.5) is 0 Å². The molecule has 1 rings (SSSR count). The number of carbonyl (C=O) groups is 1. The van der Waals surface area contributed by atoms with E-state index in [-0.39, 0.29) is 17.3 Å². The van der Waals surface area contributed by atoms with Gasteiger partial charge in [0.1, 0.15) is 0 Å². The van der Waals surface area contributed by atoms with E-state index in [1.807, 2.05) is 13.1 Å². The summed E-state index contributed by atoms with van der Waals surface area (Å²) >= 11 is 4.62. The van der Waals surface area contributed by atoms with Crippen molar-refractivity contribution >= 4 is 23.1 Å². The van der Waals surface area contributed by atoms with Crippen molar-refractivity contribution in [2.75, 3.05) is 6.54 Å². The van der Waals surface area contributed by atoms with Gasteiger partial charge in [0.05, 0.1) is 24.2 Å². The van der Waals surface area contributed by atoms with Crippen molar-refractivity contribution in [1.82, 2.24) is 15.1 Å². The van der Waals surface area contributed by atoms with Crippen LogP contribution < -0.4 is 11.1 Å². The zero-order chi connectivity index (χ0) is 11.3. The number of nitrogens with two attached hydrogens (primary N) is 1. The van der Waals surface area contributed by atoms with Crippen molar-refractivity contribution in [2.45, 2.75) is 19.9 Å². The van der Waals surface area contributed by atoms with Crippen molar-refractivity contribution in [3.63, 3.8) is 0 Å². The predicted octanol–water partition coefficient (Wildman–Crippen LogP) is -0.0161. The van der Waals surface area contributed by atoms with Crippen LogP contribution in [0.15, 0.2) is 12.4 Å². The molecule has 0 atom stereocenters. The maximum Gasteiger partial charge on any atom is 0.226 e. The Morgan fingerprint density at radius 1 is 1.73 bits per heavy atom. The molecule has 0 bridgehead atoms. The third-order valence-electron chi connectivity index (χ3n) is 1.76. The van der Waals surface area contributed by atoms with Gasteiger partial charge < -0.3 is 11.1 Å². The third-order valence-corrected chi connectivity index (χ3v) is 1.90. The molecule has 1 aromatic heterocycles. The molecule has 5 nitrogen and oxygen atoms in total. The summed E-state index contributed by atoms with van der Waals surface area (Å²) < 4.78 is 1.77. The van der Waals surface area contributed by atoms with Gasteiger partial charge in [-0.05, 0) is 12.5 Å². The van der Waals surface area contributed by atoms with Crippen LogP contribution in [-0.4, -0.2) is 27.2 Å². The molecule has 0 aliphatic rings. The molecule has 0 radical (unpaired) electrons. The minimum absolute atomic E-state index is 0.105. The van der Waals surface area contributed by atoms with Gasteiger partial charge in [0.2, 0.25) is 5.91 Å².